The summed E-state index contributed by atoms with van der Waals surface area (Å²) in [5.41, 5.74) is 15.6. The Morgan fingerprint density at radius 3 is 2.31 bits per heavy atom. The molecule has 7 aromatic rings. The highest BCUT2D eigenvalue weighted by molar-refractivity contribution is 6.13. The molecule has 0 unspecified atom stereocenters. The summed E-state index contributed by atoms with van der Waals surface area (Å²) in [5, 5.41) is 8.71. The molecule has 0 fully saturated rings. The van der Waals surface area contributed by atoms with Gasteiger partial charge in [0.2, 0.25) is 29.4 Å². The van der Waals surface area contributed by atoms with E-state index in [1.165, 1.54) is 35.4 Å². The number of allylic oxidation sites excluding steroid dienone is 2. The Hall–Kier alpha value is -8.56. The SMILES string of the molecule is CCc1nc(C)oc1C(=O)Nc1nc2cc(C(N)=O)cc(OCCCN(C)C(=O)CCN3C(=O)C=CC3=O)c2n1C/C=C/Cn1c2ncc(C(N)=O)cc2c2cnc(-c3cc(C)nn3CC)nc21. The number of primary amides is 2. The number of rotatable bonds is 19. The van der Waals surface area contributed by atoms with E-state index in [9.17, 15) is 28.8 Å². The van der Waals surface area contributed by atoms with Crippen molar-refractivity contribution in [3.05, 3.63) is 95.1 Å². The first-order valence-electron chi connectivity index (χ1n) is 21.8. The number of hydrogen-bond donors (Lipinski definition) is 3. The quantitative estimate of drug-likeness (QED) is 0.0593. The number of ether oxygens (including phenoxy) is 1. The number of nitrogens with zero attached hydrogens (tertiary/aromatic N) is 11. The van der Waals surface area contributed by atoms with Gasteiger partial charge in [-0.3, -0.25) is 43.7 Å². The third kappa shape index (κ3) is 9.15. The molecule has 1 aliphatic heterocycles. The number of oxazole rings is 1. The van der Waals surface area contributed by atoms with Crippen LogP contribution in [0.15, 0.2) is 65.4 Å². The average Bonchev–Trinajstić information content (AvgIpc) is 4.13. The van der Waals surface area contributed by atoms with Crippen LogP contribution in [0.25, 0.3) is 44.6 Å². The second-order valence-electron chi connectivity index (χ2n) is 16.0. The van der Waals surface area contributed by atoms with Crippen LogP contribution in [0.4, 0.5) is 5.95 Å². The van der Waals surface area contributed by atoms with Crippen molar-refractivity contribution in [2.45, 2.75) is 66.6 Å². The maximum absolute atomic E-state index is 13.8. The highest BCUT2D eigenvalue weighted by Gasteiger charge is 2.26. The Morgan fingerprint density at radius 2 is 1.60 bits per heavy atom. The van der Waals surface area contributed by atoms with Crippen LogP contribution in [0.2, 0.25) is 0 Å². The van der Waals surface area contributed by atoms with Gasteiger partial charge in [-0.1, -0.05) is 19.1 Å². The van der Waals surface area contributed by atoms with Gasteiger partial charge in [0, 0.05) is 94.0 Å². The van der Waals surface area contributed by atoms with Gasteiger partial charge in [0.25, 0.3) is 17.7 Å². The minimum atomic E-state index is -0.735. The predicted molar refractivity (Wildman–Crippen MR) is 247 cm³/mol. The van der Waals surface area contributed by atoms with Crippen LogP contribution in [-0.2, 0) is 40.4 Å². The molecule has 5 N–H and O–H groups in total. The van der Waals surface area contributed by atoms with E-state index in [1.807, 2.05) is 48.2 Å². The summed E-state index contributed by atoms with van der Waals surface area (Å²) in [6.07, 6.45) is 9.93. The number of carbonyl (C=O) groups is 6. The van der Waals surface area contributed by atoms with E-state index in [2.05, 4.69) is 25.4 Å². The Balaban J connectivity index is 1.11. The maximum atomic E-state index is 13.8. The predicted octanol–water partition coefficient (Wildman–Crippen LogP) is 3.63. The standard InChI is InChI=1S/C46H48N14O8/c1-6-31-39(68-26(4)51-31)45(66)54-46-52-32-21-27(40(47)64)22-34(67-18-10-14-56(5)35(61)13-17-57-36(62)11-12-37(57)63)38(32)58(46)15-8-9-16-59-43-29(20-28(23-50-43)41(48)65)30-24-49-42(53-44(30)59)33-19-25(3)55-60(33)7-2/h8-9,11-12,19-24H,6-7,10,13-18H2,1-5H3,(H2,47,64)(H2,48,65)(H,52,54,66)/b9-8+. The number of imidazole rings is 1. The van der Waals surface area contributed by atoms with Gasteiger partial charge in [0.15, 0.2) is 11.7 Å². The second kappa shape index (κ2) is 19.1. The molecule has 22 heteroatoms. The van der Waals surface area contributed by atoms with Crippen LogP contribution in [0.3, 0.4) is 0 Å². The lowest BCUT2D eigenvalue weighted by molar-refractivity contribution is -0.138. The number of nitrogens with two attached hydrogens (primary N) is 2. The number of amides is 6. The van der Waals surface area contributed by atoms with Crippen LogP contribution in [-0.4, -0.2) is 116 Å². The fraction of sp³-hybridized carbons (Fsp3) is 0.304. The summed E-state index contributed by atoms with van der Waals surface area (Å²) in [6, 6.07) is 6.57. The molecule has 68 heavy (non-hydrogen) atoms. The van der Waals surface area contributed by atoms with Gasteiger partial charge in [-0.15, -0.1) is 0 Å². The molecule has 7 heterocycles. The number of carbonyl (C=O) groups excluding carboxylic acids is 6. The van der Waals surface area contributed by atoms with Crippen molar-refractivity contribution in [3.8, 4) is 17.3 Å². The molecule has 8 rings (SSSR count). The van der Waals surface area contributed by atoms with Gasteiger partial charge in [0.1, 0.15) is 28.3 Å². The van der Waals surface area contributed by atoms with Crippen molar-refractivity contribution in [1.29, 1.82) is 0 Å². The summed E-state index contributed by atoms with van der Waals surface area (Å²) < 4.78 is 17.4. The lowest BCUT2D eigenvalue weighted by Crippen LogP contribution is -2.36. The smallest absolute Gasteiger partial charge is 0.295 e. The first-order valence-corrected chi connectivity index (χ1v) is 21.8. The summed E-state index contributed by atoms with van der Waals surface area (Å²) in [4.78, 5) is 101. The summed E-state index contributed by atoms with van der Waals surface area (Å²) >= 11 is 0. The van der Waals surface area contributed by atoms with Crippen LogP contribution in [0.1, 0.15) is 75.2 Å². The maximum Gasteiger partial charge on any atom is 0.295 e. The van der Waals surface area contributed by atoms with Crippen LogP contribution in [0, 0.1) is 13.8 Å². The van der Waals surface area contributed by atoms with E-state index in [0.29, 0.717) is 69.9 Å². The van der Waals surface area contributed by atoms with Crippen molar-refractivity contribution < 1.29 is 37.9 Å². The van der Waals surface area contributed by atoms with Gasteiger partial charge < -0.3 is 34.7 Å². The second-order valence-corrected chi connectivity index (χ2v) is 16.0. The molecule has 6 amide bonds. The van der Waals surface area contributed by atoms with Crippen molar-refractivity contribution in [3.63, 3.8) is 0 Å². The van der Waals surface area contributed by atoms with Gasteiger partial charge in [-0.2, -0.15) is 5.10 Å². The summed E-state index contributed by atoms with van der Waals surface area (Å²) in [6.45, 7) is 8.66. The fourth-order valence-corrected chi connectivity index (χ4v) is 7.96. The lowest BCUT2D eigenvalue weighted by atomic mass is 10.1. The minimum Gasteiger partial charge on any atom is -0.491 e. The first-order chi connectivity index (χ1) is 32.6. The Kier molecular flexibility index (Phi) is 12.9. The van der Waals surface area contributed by atoms with E-state index in [1.54, 1.807) is 30.8 Å². The number of hydrogen-bond acceptors (Lipinski definition) is 14. The average molecular weight is 925 g/mol. The van der Waals surface area contributed by atoms with Crippen LogP contribution >= 0.6 is 0 Å². The number of benzene rings is 1. The molecular weight excluding hydrogens is 877 g/mol. The van der Waals surface area contributed by atoms with E-state index in [4.69, 9.17) is 30.6 Å². The van der Waals surface area contributed by atoms with Crippen molar-refractivity contribution in [2.75, 3.05) is 32.1 Å². The van der Waals surface area contributed by atoms with Gasteiger partial charge in [-0.05, 0) is 51.0 Å². The van der Waals surface area contributed by atoms with Crippen LogP contribution < -0.4 is 21.5 Å². The van der Waals surface area contributed by atoms with E-state index in [0.717, 1.165) is 16.3 Å². The molecule has 0 aliphatic carbocycles. The number of aromatic nitrogens is 9. The molecule has 0 atom stereocenters. The van der Waals surface area contributed by atoms with Gasteiger partial charge in [0.05, 0.1) is 29.1 Å². The normalized spacial score (nSPS) is 12.7. The molecule has 350 valence electrons. The first kappa shape index (κ1) is 46.0. The monoisotopic (exact) mass is 924 g/mol. The zero-order chi connectivity index (χ0) is 48.4. The van der Waals surface area contributed by atoms with E-state index < -0.39 is 29.5 Å². The summed E-state index contributed by atoms with van der Waals surface area (Å²) in [5.74, 6) is -2.01. The third-order valence-electron chi connectivity index (χ3n) is 11.3. The highest BCUT2D eigenvalue weighted by Crippen LogP contribution is 2.33. The van der Waals surface area contributed by atoms with Crippen LogP contribution in [0.5, 0.6) is 5.75 Å². The largest absolute Gasteiger partial charge is 0.491 e. The number of anilines is 1. The Bertz CT molecular complexity index is 3230. The lowest BCUT2D eigenvalue weighted by Gasteiger charge is -2.19. The van der Waals surface area contributed by atoms with E-state index in [-0.39, 0.29) is 73.7 Å². The van der Waals surface area contributed by atoms with Gasteiger partial charge >= 0.3 is 0 Å². The number of pyridine rings is 1. The Labute approximate surface area is 387 Å². The zero-order valence-corrected chi connectivity index (χ0v) is 38.0. The minimum absolute atomic E-state index is 0.0271. The van der Waals surface area contributed by atoms with Gasteiger partial charge in [-0.25, -0.2) is 24.9 Å². The molecule has 6 aromatic heterocycles. The molecule has 22 nitrogen and oxygen atoms in total. The molecule has 0 bridgehead atoms. The fourth-order valence-electron chi connectivity index (χ4n) is 7.96. The molecule has 0 saturated heterocycles. The zero-order valence-electron chi connectivity index (χ0n) is 38.0. The number of imide groups is 1. The third-order valence-corrected chi connectivity index (χ3v) is 11.3. The molecule has 0 saturated carbocycles. The molecule has 0 radical (unpaired) electrons. The molecule has 0 spiro atoms. The molecule has 1 aromatic carbocycles. The highest BCUT2D eigenvalue weighted by atomic mass is 16.5. The number of nitrogens with one attached hydrogen (secondary N) is 1. The molecular formula is C46H48N14O8. The van der Waals surface area contributed by atoms with Crippen molar-refractivity contribution in [1.82, 2.24) is 53.6 Å². The number of aryl methyl sites for hydroxylation is 4. The topological polar surface area (TPSA) is 287 Å². The number of fused-ring (bicyclic) bond motifs is 4. The van der Waals surface area contributed by atoms with Crippen molar-refractivity contribution >= 4 is 74.5 Å². The Morgan fingerprint density at radius 1 is 0.868 bits per heavy atom. The van der Waals surface area contributed by atoms with E-state index >= 15 is 0 Å². The molecule has 1 aliphatic rings. The summed E-state index contributed by atoms with van der Waals surface area (Å²) in [7, 11) is 1.61. The van der Waals surface area contributed by atoms with Crippen molar-refractivity contribution in [2.24, 2.45) is 11.5 Å².